The molecule has 0 aliphatic carbocycles. The van der Waals surface area contributed by atoms with Gasteiger partial charge in [0.15, 0.2) is 0 Å². The van der Waals surface area contributed by atoms with Crippen molar-refractivity contribution < 1.29 is 9.90 Å². The summed E-state index contributed by atoms with van der Waals surface area (Å²) in [5.74, 6) is -0.793. The van der Waals surface area contributed by atoms with Gasteiger partial charge >= 0.3 is 5.97 Å². The maximum absolute atomic E-state index is 11.6. The summed E-state index contributed by atoms with van der Waals surface area (Å²) in [7, 11) is 0. The van der Waals surface area contributed by atoms with Gasteiger partial charge in [0.1, 0.15) is 6.04 Å². The van der Waals surface area contributed by atoms with E-state index in [1.165, 1.54) is 16.7 Å². The molecule has 1 atom stereocenters. The highest BCUT2D eigenvalue weighted by Gasteiger charge is 2.28. The summed E-state index contributed by atoms with van der Waals surface area (Å²) in [6.07, 6.45) is 4.17. The predicted molar refractivity (Wildman–Crippen MR) is 136 cm³/mol. The van der Waals surface area contributed by atoms with Crippen molar-refractivity contribution in [1.29, 1.82) is 0 Å². The first-order chi connectivity index (χ1) is 15.9. The van der Waals surface area contributed by atoms with E-state index in [0.717, 1.165) is 28.8 Å². The molecule has 0 spiro atoms. The monoisotopic (exact) mass is 460 g/mol. The summed E-state index contributed by atoms with van der Waals surface area (Å²) >= 11 is 6.65. The lowest BCUT2D eigenvalue weighted by Gasteiger charge is -2.33. The summed E-state index contributed by atoms with van der Waals surface area (Å²) in [6, 6.07) is 20.3. The Kier molecular flexibility index (Phi) is 7.29. The van der Waals surface area contributed by atoms with Gasteiger partial charge in [0.05, 0.1) is 0 Å². The van der Waals surface area contributed by atoms with Crippen LogP contribution in [-0.4, -0.2) is 41.7 Å². The molecule has 0 radical (unpaired) electrons. The smallest absolute Gasteiger partial charge is 0.322 e. The minimum Gasteiger partial charge on any atom is -0.480 e. The Hall–Kier alpha value is -2.92. The third-order valence-corrected chi connectivity index (χ3v) is 6.70. The Labute approximate surface area is 200 Å². The molecule has 0 aromatic heterocycles. The van der Waals surface area contributed by atoms with E-state index in [2.05, 4.69) is 79.8 Å². The summed E-state index contributed by atoms with van der Waals surface area (Å²) in [6.45, 7) is 6.73. The summed E-state index contributed by atoms with van der Waals surface area (Å²) in [5.41, 5.74) is 7.93. The van der Waals surface area contributed by atoms with Gasteiger partial charge in [-0.15, -0.1) is 0 Å². The molecule has 0 saturated carbocycles. The van der Waals surface area contributed by atoms with Crippen LogP contribution in [0.15, 0.2) is 60.7 Å². The molecule has 1 aliphatic heterocycles. The van der Waals surface area contributed by atoms with Gasteiger partial charge in [0.2, 0.25) is 0 Å². The van der Waals surface area contributed by atoms with E-state index in [1.807, 2.05) is 17.0 Å². The number of carboxylic acid groups (broad SMARTS) is 1. The normalized spacial score (nSPS) is 16.9. The quantitative estimate of drug-likeness (QED) is 0.466. The molecule has 33 heavy (non-hydrogen) atoms. The highest BCUT2D eigenvalue weighted by Crippen LogP contribution is 2.29. The largest absolute Gasteiger partial charge is 0.480 e. The van der Waals surface area contributed by atoms with Crippen LogP contribution < -0.4 is 5.32 Å². The Morgan fingerprint density at radius 1 is 1.09 bits per heavy atom. The van der Waals surface area contributed by atoms with Crippen molar-refractivity contribution >= 4 is 29.7 Å². The fourth-order valence-electron chi connectivity index (χ4n) is 4.39. The number of halogens is 1. The van der Waals surface area contributed by atoms with Gasteiger partial charge in [-0.25, -0.2) is 0 Å². The first-order valence-corrected chi connectivity index (χ1v) is 11.6. The molecular formula is C28H29ClN2O2. The van der Waals surface area contributed by atoms with Gasteiger partial charge in [-0.1, -0.05) is 78.4 Å². The molecule has 1 aliphatic rings. The van der Waals surface area contributed by atoms with E-state index < -0.39 is 12.0 Å². The zero-order valence-corrected chi connectivity index (χ0v) is 19.8. The zero-order valence-electron chi connectivity index (χ0n) is 19.0. The number of hydrogen-bond donors (Lipinski definition) is 2. The minimum absolute atomic E-state index is 0.463. The van der Waals surface area contributed by atoms with Crippen LogP contribution in [-0.2, 0) is 11.3 Å². The number of rotatable bonds is 6. The van der Waals surface area contributed by atoms with E-state index in [1.54, 1.807) is 0 Å². The second-order valence-corrected chi connectivity index (χ2v) is 8.96. The van der Waals surface area contributed by atoms with E-state index in [9.17, 15) is 9.90 Å². The molecule has 0 amide bonds. The van der Waals surface area contributed by atoms with E-state index in [-0.39, 0.29) is 0 Å². The van der Waals surface area contributed by atoms with Crippen molar-refractivity contribution in [1.82, 2.24) is 10.2 Å². The molecule has 170 valence electrons. The standard InChI is InChI=1S/C28H29ClN2O2/c1-19-15-23(26(29)16-24(19)18-31-14-13-30-17-27(31)28(32)33)12-11-21-9-6-10-25(20(21)2)22-7-4-3-5-8-22/h3-12,15-16,27,30H,13-14,17-18H2,1-2H3,(H,32,33)/b12-11+/t27-/m0/s1. The van der Waals surface area contributed by atoms with Gasteiger partial charge < -0.3 is 10.4 Å². The van der Waals surface area contributed by atoms with Crippen molar-refractivity contribution in [2.24, 2.45) is 0 Å². The number of carboxylic acids is 1. The van der Waals surface area contributed by atoms with Crippen molar-refractivity contribution in [2.45, 2.75) is 26.4 Å². The van der Waals surface area contributed by atoms with Gasteiger partial charge in [-0.2, -0.15) is 0 Å². The Morgan fingerprint density at radius 2 is 1.85 bits per heavy atom. The number of hydrogen-bond acceptors (Lipinski definition) is 3. The molecule has 0 unspecified atom stereocenters. The lowest BCUT2D eigenvalue weighted by Crippen LogP contribution is -2.54. The number of piperazine rings is 1. The second-order valence-electron chi connectivity index (χ2n) is 8.55. The summed E-state index contributed by atoms with van der Waals surface area (Å²) in [4.78, 5) is 13.6. The highest BCUT2D eigenvalue weighted by molar-refractivity contribution is 6.32. The summed E-state index contributed by atoms with van der Waals surface area (Å²) < 4.78 is 0. The average molecular weight is 461 g/mol. The first-order valence-electron chi connectivity index (χ1n) is 11.2. The molecule has 1 fully saturated rings. The van der Waals surface area contributed by atoms with Crippen molar-refractivity contribution in [3.63, 3.8) is 0 Å². The summed E-state index contributed by atoms with van der Waals surface area (Å²) in [5, 5.41) is 13.4. The Morgan fingerprint density at radius 3 is 2.61 bits per heavy atom. The molecule has 4 rings (SSSR count). The zero-order chi connectivity index (χ0) is 23.4. The maximum Gasteiger partial charge on any atom is 0.322 e. The van der Waals surface area contributed by atoms with Crippen molar-refractivity contribution in [2.75, 3.05) is 19.6 Å². The van der Waals surface area contributed by atoms with Crippen LogP contribution in [0.3, 0.4) is 0 Å². The van der Waals surface area contributed by atoms with Crippen LogP contribution in [0.25, 0.3) is 23.3 Å². The Balaban J connectivity index is 1.56. The molecule has 4 nitrogen and oxygen atoms in total. The third-order valence-electron chi connectivity index (χ3n) is 6.37. The Bertz CT molecular complexity index is 1170. The molecule has 2 N–H and O–H groups in total. The van der Waals surface area contributed by atoms with Crippen LogP contribution in [0, 0.1) is 13.8 Å². The third kappa shape index (κ3) is 5.36. The molecule has 3 aromatic rings. The van der Waals surface area contributed by atoms with Crippen molar-refractivity contribution in [3.05, 3.63) is 93.5 Å². The molecule has 5 heteroatoms. The fourth-order valence-corrected chi connectivity index (χ4v) is 4.63. The van der Waals surface area contributed by atoms with Crippen LogP contribution in [0.5, 0.6) is 0 Å². The molecule has 1 saturated heterocycles. The second kappa shape index (κ2) is 10.3. The lowest BCUT2D eigenvalue weighted by molar-refractivity contribution is -0.144. The number of nitrogens with zero attached hydrogens (tertiary/aromatic N) is 1. The van der Waals surface area contributed by atoms with Gasteiger partial charge in [-0.3, -0.25) is 9.69 Å². The number of benzene rings is 3. The van der Waals surface area contributed by atoms with Gasteiger partial charge in [0.25, 0.3) is 0 Å². The predicted octanol–water partition coefficient (Wildman–Crippen LogP) is 5.65. The number of aryl methyl sites for hydroxylation is 1. The first kappa shape index (κ1) is 23.2. The number of carbonyl (C=O) groups is 1. The van der Waals surface area contributed by atoms with Gasteiger partial charge in [-0.05, 0) is 58.9 Å². The van der Waals surface area contributed by atoms with E-state index in [0.29, 0.717) is 24.7 Å². The molecule has 3 aromatic carbocycles. The van der Waals surface area contributed by atoms with E-state index >= 15 is 0 Å². The van der Waals surface area contributed by atoms with Crippen LogP contribution in [0.1, 0.15) is 27.8 Å². The maximum atomic E-state index is 11.6. The SMILES string of the molecule is Cc1cc(/C=C/c2cccc(-c3ccccc3)c2C)c(Cl)cc1CN1CCNC[C@H]1C(=O)O. The van der Waals surface area contributed by atoms with Gasteiger partial charge in [0, 0.05) is 31.2 Å². The lowest BCUT2D eigenvalue weighted by atomic mass is 9.95. The molecule has 1 heterocycles. The molecule has 0 bridgehead atoms. The minimum atomic E-state index is -0.793. The van der Waals surface area contributed by atoms with E-state index in [4.69, 9.17) is 11.6 Å². The highest BCUT2D eigenvalue weighted by atomic mass is 35.5. The van der Waals surface area contributed by atoms with Crippen LogP contribution >= 0.6 is 11.6 Å². The number of nitrogens with one attached hydrogen (secondary N) is 1. The number of aliphatic carboxylic acids is 1. The van der Waals surface area contributed by atoms with Crippen LogP contribution in [0.2, 0.25) is 5.02 Å². The molecular weight excluding hydrogens is 432 g/mol. The van der Waals surface area contributed by atoms with Crippen molar-refractivity contribution in [3.8, 4) is 11.1 Å². The van der Waals surface area contributed by atoms with Crippen LogP contribution in [0.4, 0.5) is 0 Å². The average Bonchev–Trinajstić information content (AvgIpc) is 2.82. The fraction of sp³-hybridized carbons (Fsp3) is 0.250. The topological polar surface area (TPSA) is 52.6 Å².